The Hall–Kier alpha value is -1.09. The minimum absolute atomic E-state index is 0. The number of hydrogen-bond acceptors (Lipinski definition) is 4. The maximum absolute atomic E-state index is 10.5. The van der Waals surface area contributed by atoms with E-state index in [1.165, 1.54) is 0 Å². The van der Waals surface area contributed by atoms with Crippen LogP contribution in [0.5, 0.6) is 0 Å². The molecule has 27 heavy (non-hydrogen) atoms. The van der Waals surface area contributed by atoms with E-state index in [4.69, 9.17) is 0 Å². The van der Waals surface area contributed by atoms with Crippen molar-refractivity contribution in [1.82, 2.24) is 15.6 Å². The van der Waals surface area contributed by atoms with Gasteiger partial charge >= 0.3 is 0 Å². The topological polar surface area (TPSA) is 72.8 Å². The first-order chi connectivity index (χ1) is 12.5. The number of guanidine groups is 1. The van der Waals surface area contributed by atoms with Gasteiger partial charge in [-0.25, -0.2) is 4.98 Å². The number of aliphatic hydroxyl groups is 1. The maximum Gasteiger partial charge on any atom is 0.191 e. The monoisotopic (exact) mass is 489 g/mol. The van der Waals surface area contributed by atoms with Crippen molar-refractivity contribution in [3.63, 3.8) is 0 Å². The van der Waals surface area contributed by atoms with Crippen LogP contribution in [-0.4, -0.2) is 53.9 Å². The highest BCUT2D eigenvalue weighted by Gasteiger charge is 2.23. The summed E-state index contributed by atoms with van der Waals surface area (Å²) in [4.78, 5) is 11.6. The van der Waals surface area contributed by atoms with Crippen LogP contribution in [0.15, 0.2) is 23.2 Å². The second-order valence-electron chi connectivity index (χ2n) is 7.17. The van der Waals surface area contributed by atoms with E-state index in [0.717, 1.165) is 49.9 Å². The Labute approximate surface area is 181 Å². The predicted molar refractivity (Wildman–Crippen MR) is 124 cm³/mol. The van der Waals surface area contributed by atoms with Crippen LogP contribution in [-0.2, 0) is 0 Å². The fourth-order valence-electron chi connectivity index (χ4n) is 3.17. The fourth-order valence-corrected chi connectivity index (χ4v) is 3.17. The average molecular weight is 489 g/mol. The summed E-state index contributed by atoms with van der Waals surface area (Å²) in [5.41, 5.74) is 0.353. The van der Waals surface area contributed by atoms with E-state index in [-0.39, 0.29) is 24.0 Å². The number of aryl methyl sites for hydroxylation is 1. The summed E-state index contributed by atoms with van der Waals surface area (Å²) in [6.45, 7) is 11.3. The molecular formula is C20H36IN5O. The third kappa shape index (κ3) is 7.44. The molecule has 0 aliphatic carbocycles. The van der Waals surface area contributed by atoms with Gasteiger partial charge in [0.25, 0.3) is 0 Å². The van der Waals surface area contributed by atoms with Gasteiger partial charge in [0.05, 0.1) is 12.1 Å². The molecule has 1 aromatic heterocycles. The number of piperidine rings is 1. The molecule has 0 radical (unpaired) electrons. The Bertz CT molecular complexity index is 583. The van der Waals surface area contributed by atoms with Crippen molar-refractivity contribution >= 4 is 35.8 Å². The number of halogens is 1. The molecule has 2 rings (SSSR count). The van der Waals surface area contributed by atoms with E-state index in [0.29, 0.717) is 25.4 Å². The molecule has 0 bridgehead atoms. The van der Waals surface area contributed by atoms with Gasteiger partial charge in [0.1, 0.15) is 5.82 Å². The molecular weight excluding hydrogens is 453 g/mol. The van der Waals surface area contributed by atoms with E-state index in [1.807, 2.05) is 26.8 Å². The lowest BCUT2D eigenvalue weighted by atomic mass is 9.98. The Kier molecular flexibility index (Phi) is 10.4. The summed E-state index contributed by atoms with van der Waals surface area (Å²) < 4.78 is 0. The number of hydrogen-bond donors (Lipinski definition) is 3. The standard InChI is InChI=1S/C20H35N5O.HI/c1-5-20(26,6-2)15-22-19(21-7-3)24-17-11-13-25(14-12-17)18-10-8-9-16(4)23-18;/h8-10,17,26H,5-7,11-15H2,1-4H3,(H2,21,22,24);1H. The van der Waals surface area contributed by atoms with E-state index >= 15 is 0 Å². The van der Waals surface area contributed by atoms with Crippen LogP contribution >= 0.6 is 24.0 Å². The van der Waals surface area contributed by atoms with Crippen molar-refractivity contribution in [2.75, 3.05) is 31.1 Å². The van der Waals surface area contributed by atoms with Gasteiger partial charge in [-0.15, -0.1) is 24.0 Å². The molecule has 0 spiro atoms. The summed E-state index contributed by atoms with van der Waals surface area (Å²) >= 11 is 0. The first-order valence-corrected chi connectivity index (χ1v) is 9.95. The van der Waals surface area contributed by atoms with Crippen molar-refractivity contribution in [3.8, 4) is 0 Å². The molecule has 0 aromatic carbocycles. The van der Waals surface area contributed by atoms with Gasteiger partial charge in [-0.05, 0) is 51.7 Å². The lowest BCUT2D eigenvalue weighted by molar-refractivity contribution is 0.0417. The van der Waals surface area contributed by atoms with Crippen molar-refractivity contribution in [2.24, 2.45) is 4.99 Å². The summed E-state index contributed by atoms with van der Waals surface area (Å²) in [6, 6.07) is 6.58. The van der Waals surface area contributed by atoms with E-state index in [2.05, 4.69) is 44.6 Å². The maximum atomic E-state index is 10.5. The molecule has 2 heterocycles. The van der Waals surface area contributed by atoms with Crippen molar-refractivity contribution in [1.29, 1.82) is 0 Å². The fraction of sp³-hybridized carbons (Fsp3) is 0.700. The summed E-state index contributed by atoms with van der Waals surface area (Å²) in [5.74, 6) is 1.87. The average Bonchev–Trinajstić information content (AvgIpc) is 2.66. The molecule has 1 aromatic rings. The smallest absolute Gasteiger partial charge is 0.191 e. The van der Waals surface area contributed by atoms with E-state index in [1.54, 1.807) is 0 Å². The van der Waals surface area contributed by atoms with Crippen LogP contribution in [0.3, 0.4) is 0 Å². The van der Waals surface area contributed by atoms with Crippen LogP contribution in [0.2, 0.25) is 0 Å². The molecule has 0 unspecified atom stereocenters. The molecule has 6 nitrogen and oxygen atoms in total. The van der Waals surface area contributed by atoms with Gasteiger partial charge in [0, 0.05) is 31.4 Å². The van der Waals surface area contributed by atoms with Gasteiger partial charge in [0.2, 0.25) is 0 Å². The third-order valence-corrected chi connectivity index (χ3v) is 5.23. The highest BCUT2D eigenvalue weighted by atomic mass is 127. The van der Waals surface area contributed by atoms with Crippen LogP contribution in [0.1, 0.15) is 52.1 Å². The quantitative estimate of drug-likeness (QED) is 0.312. The molecule has 1 fully saturated rings. The number of anilines is 1. The first kappa shape index (κ1) is 23.9. The molecule has 0 saturated carbocycles. The number of aromatic nitrogens is 1. The van der Waals surface area contributed by atoms with E-state index < -0.39 is 5.60 Å². The van der Waals surface area contributed by atoms with Crippen LogP contribution < -0.4 is 15.5 Å². The SMILES string of the molecule is CCNC(=NCC(O)(CC)CC)NC1CCN(c2cccc(C)n2)CC1.I. The molecule has 1 aliphatic rings. The zero-order valence-electron chi connectivity index (χ0n) is 17.2. The number of rotatable bonds is 7. The van der Waals surface area contributed by atoms with Gasteiger partial charge in [0.15, 0.2) is 5.96 Å². The molecule has 3 N–H and O–H groups in total. The normalized spacial score (nSPS) is 16.0. The van der Waals surface area contributed by atoms with Crippen LogP contribution in [0, 0.1) is 6.92 Å². The molecule has 7 heteroatoms. The summed E-state index contributed by atoms with van der Waals surface area (Å²) in [5, 5.41) is 17.3. The highest BCUT2D eigenvalue weighted by Crippen LogP contribution is 2.18. The third-order valence-electron chi connectivity index (χ3n) is 5.23. The van der Waals surface area contributed by atoms with Crippen LogP contribution in [0.25, 0.3) is 0 Å². The van der Waals surface area contributed by atoms with Gasteiger partial charge < -0.3 is 20.6 Å². The van der Waals surface area contributed by atoms with Gasteiger partial charge in [-0.3, -0.25) is 4.99 Å². The first-order valence-electron chi connectivity index (χ1n) is 9.95. The molecule has 0 atom stereocenters. The Morgan fingerprint density at radius 3 is 2.48 bits per heavy atom. The largest absolute Gasteiger partial charge is 0.388 e. The molecule has 154 valence electrons. The van der Waals surface area contributed by atoms with Gasteiger partial charge in [-0.2, -0.15) is 0 Å². The number of pyridine rings is 1. The zero-order chi connectivity index (χ0) is 19.0. The lowest BCUT2D eigenvalue weighted by Gasteiger charge is -2.34. The van der Waals surface area contributed by atoms with Crippen LogP contribution in [0.4, 0.5) is 5.82 Å². The van der Waals surface area contributed by atoms with Gasteiger partial charge in [-0.1, -0.05) is 19.9 Å². The second kappa shape index (κ2) is 11.7. The van der Waals surface area contributed by atoms with Crippen molar-refractivity contribution in [2.45, 2.75) is 65.0 Å². The number of aliphatic imine (C=N–C) groups is 1. The predicted octanol–water partition coefficient (Wildman–Crippen LogP) is 3.08. The molecule has 0 amide bonds. The Balaban J connectivity index is 0.00000364. The molecule has 1 aliphatic heterocycles. The minimum Gasteiger partial charge on any atom is -0.388 e. The highest BCUT2D eigenvalue weighted by molar-refractivity contribution is 14.0. The van der Waals surface area contributed by atoms with E-state index in [9.17, 15) is 5.11 Å². The molecule has 1 saturated heterocycles. The zero-order valence-corrected chi connectivity index (χ0v) is 19.5. The summed E-state index contributed by atoms with van der Waals surface area (Å²) in [6.07, 6.45) is 3.53. The lowest BCUT2D eigenvalue weighted by Crippen LogP contribution is -2.49. The number of nitrogens with one attached hydrogen (secondary N) is 2. The second-order valence-corrected chi connectivity index (χ2v) is 7.17. The van der Waals surface area contributed by atoms with Crippen molar-refractivity contribution in [3.05, 3.63) is 23.9 Å². The number of nitrogens with zero attached hydrogens (tertiary/aromatic N) is 3. The Morgan fingerprint density at radius 1 is 1.26 bits per heavy atom. The minimum atomic E-state index is -0.706. The Morgan fingerprint density at radius 2 is 1.93 bits per heavy atom. The van der Waals surface area contributed by atoms with Crippen molar-refractivity contribution < 1.29 is 5.11 Å². The summed E-state index contributed by atoms with van der Waals surface area (Å²) in [7, 11) is 0.